The molecule has 0 saturated carbocycles. The van der Waals surface area contributed by atoms with Gasteiger partial charge < -0.3 is 9.84 Å². The van der Waals surface area contributed by atoms with Crippen molar-refractivity contribution in [2.45, 2.75) is 11.7 Å². The van der Waals surface area contributed by atoms with Crippen LogP contribution in [0.1, 0.15) is 0 Å². The van der Waals surface area contributed by atoms with Gasteiger partial charge in [-0.2, -0.15) is 16.8 Å². The summed E-state index contributed by atoms with van der Waals surface area (Å²) in [6, 6.07) is 0. The molecule has 17 heavy (non-hydrogen) atoms. The molecule has 10 heteroatoms. The third kappa shape index (κ3) is 4.85. The third-order valence-electron chi connectivity index (χ3n) is 2.09. The number of hydrogen-bond acceptors (Lipinski definition) is 8. The molecule has 0 aromatic carbocycles. The average Bonchev–Trinajstić information content (AvgIpc) is 2.09. The average molecular weight is 290 g/mol. The molecular formula is C7H14O8S2. The lowest BCUT2D eigenvalue weighted by molar-refractivity contribution is -0.254. The van der Waals surface area contributed by atoms with Crippen LogP contribution in [0, 0.1) is 0 Å². The second kappa shape index (κ2) is 4.78. The molecular weight excluding hydrogens is 276 g/mol. The van der Waals surface area contributed by atoms with Crippen molar-refractivity contribution in [3.05, 3.63) is 0 Å². The molecule has 0 amide bonds. The fourth-order valence-electron chi connectivity index (χ4n) is 1.13. The molecule has 1 rings (SSSR count). The van der Waals surface area contributed by atoms with E-state index in [0.29, 0.717) is 0 Å². The summed E-state index contributed by atoms with van der Waals surface area (Å²) in [5.41, 5.74) is -1.55. The van der Waals surface area contributed by atoms with Gasteiger partial charge in [0.15, 0.2) is 0 Å². The highest BCUT2D eigenvalue weighted by Crippen LogP contribution is 2.27. The summed E-state index contributed by atoms with van der Waals surface area (Å²) < 4.78 is 56.7. The summed E-state index contributed by atoms with van der Waals surface area (Å²) in [7, 11) is -7.31. The maximum atomic E-state index is 10.7. The SMILES string of the molecule is CS(=O)(=O)OC[C@H]1OC[C@@]1(O)COS(C)(=O)=O. The Labute approximate surface area is 99.7 Å². The van der Waals surface area contributed by atoms with E-state index in [1.807, 2.05) is 0 Å². The van der Waals surface area contributed by atoms with Crippen molar-refractivity contribution in [3.63, 3.8) is 0 Å². The first-order valence-corrected chi connectivity index (χ1v) is 8.18. The van der Waals surface area contributed by atoms with Crippen LogP contribution in [-0.4, -0.2) is 66.0 Å². The molecule has 102 valence electrons. The number of aliphatic hydroxyl groups is 1. The van der Waals surface area contributed by atoms with E-state index in [0.717, 1.165) is 12.5 Å². The molecule has 0 bridgehead atoms. The van der Waals surface area contributed by atoms with E-state index in [2.05, 4.69) is 8.37 Å². The minimum absolute atomic E-state index is 0.139. The lowest BCUT2D eigenvalue weighted by Crippen LogP contribution is -2.63. The van der Waals surface area contributed by atoms with E-state index in [1.165, 1.54) is 0 Å². The van der Waals surface area contributed by atoms with Gasteiger partial charge in [0.25, 0.3) is 20.2 Å². The second-order valence-electron chi connectivity index (χ2n) is 3.86. The quantitative estimate of drug-likeness (QED) is 0.562. The Morgan fingerprint density at radius 1 is 1.24 bits per heavy atom. The molecule has 1 aliphatic heterocycles. The first kappa shape index (κ1) is 14.8. The summed E-state index contributed by atoms with van der Waals surface area (Å²) in [5.74, 6) is 0. The van der Waals surface area contributed by atoms with Crippen LogP contribution in [0.25, 0.3) is 0 Å². The fourth-order valence-corrected chi connectivity index (χ4v) is 1.91. The minimum atomic E-state index is -3.67. The zero-order chi connectivity index (χ0) is 13.3. The van der Waals surface area contributed by atoms with Crippen molar-refractivity contribution in [2.75, 3.05) is 32.3 Å². The molecule has 0 unspecified atom stereocenters. The monoisotopic (exact) mass is 290 g/mol. The van der Waals surface area contributed by atoms with Crippen molar-refractivity contribution < 1.29 is 35.0 Å². The third-order valence-corrected chi connectivity index (χ3v) is 3.20. The smallest absolute Gasteiger partial charge is 0.264 e. The van der Waals surface area contributed by atoms with Gasteiger partial charge in [-0.3, -0.25) is 8.37 Å². The van der Waals surface area contributed by atoms with E-state index in [9.17, 15) is 21.9 Å². The molecule has 0 aromatic rings. The highest BCUT2D eigenvalue weighted by Gasteiger charge is 2.48. The largest absolute Gasteiger partial charge is 0.382 e. The van der Waals surface area contributed by atoms with Crippen molar-refractivity contribution in [3.8, 4) is 0 Å². The normalized spacial score (nSPS) is 29.9. The maximum Gasteiger partial charge on any atom is 0.264 e. The van der Waals surface area contributed by atoms with Crippen molar-refractivity contribution in [1.29, 1.82) is 0 Å². The van der Waals surface area contributed by atoms with Gasteiger partial charge in [-0.05, 0) is 0 Å². The number of ether oxygens (including phenoxy) is 1. The first-order chi connectivity index (χ1) is 7.52. The number of hydrogen-bond donors (Lipinski definition) is 1. The topological polar surface area (TPSA) is 116 Å². The predicted molar refractivity (Wildman–Crippen MR) is 56.3 cm³/mol. The Kier molecular flexibility index (Phi) is 4.16. The van der Waals surface area contributed by atoms with Crippen molar-refractivity contribution in [2.24, 2.45) is 0 Å². The van der Waals surface area contributed by atoms with Crippen molar-refractivity contribution in [1.82, 2.24) is 0 Å². The molecule has 0 radical (unpaired) electrons. The summed E-state index contributed by atoms with van der Waals surface area (Å²) >= 11 is 0. The Morgan fingerprint density at radius 2 is 1.76 bits per heavy atom. The van der Waals surface area contributed by atoms with Crippen LogP contribution in [0.3, 0.4) is 0 Å². The molecule has 1 saturated heterocycles. The number of rotatable bonds is 6. The Balaban J connectivity index is 2.49. The Morgan fingerprint density at radius 3 is 2.12 bits per heavy atom. The van der Waals surface area contributed by atoms with Gasteiger partial charge in [0.05, 0.1) is 32.3 Å². The van der Waals surface area contributed by atoms with Crippen LogP contribution >= 0.6 is 0 Å². The van der Waals surface area contributed by atoms with E-state index in [1.54, 1.807) is 0 Å². The lowest BCUT2D eigenvalue weighted by Gasteiger charge is -2.43. The Bertz CT molecular complexity index is 466. The molecule has 2 atom stereocenters. The van der Waals surface area contributed by atoms with E-state index < -0.39 is 38.5 Å². The summed E-state index contributed by atoms with van der Waals surface area (Å²) in [6.45, 7) is -1.02. The van der Waals surface area contributed by atoms with Crippen molar-refractivity contribution >= 4 is 20.2 Å². The second-order valence-corrected chi connectivity index (χ2v) is 7.15. The van der Waals surface area contributed by atoms with Gasteiger partial charge in [-0.15, -0.1) is 0 Å². The summed E-state index contributed by atoms with van der Waals surface area (Å²) in [5, 5.41) is 9.84. The molecule has 0 aliphatic carbocycles. The molecule has 1 heterocycles. The predicted octanol–water partition coefficient (Wildman–Crippen LogP) is -1.93. The minimum Gasteiger partial charge on any atom is -0.382 e. The lowest BCUT2D eigenvalue weighted by atomic mass is 9.94. The summed E-state index contributed by atoms with van der Waals surface area (Å²) in [4.78, 5) is 0. The van der Waals surface area contributed by atoms with Gasteiger partial charge in [-0.1, -0.05) is 0 Å². The maximum absolute atomic E-state index is 10.7. The molecule has 8 nitrogen and oxygen atoms in total. The molecule has 0 spiro atoms. The van der Waals surface area contributed by atoms with E-state index in [-0.39, 0.29) is 13.2 Å². The van der Waals surface area contributed by atoms with Crippen LogP contribution in [0.2, 0.25) is 0 Å². The zero-order valence-corrected chi connectivity index (χ0v) is 11.0. The van der Waals surface area contributed by atoms with Gasteiger partial charge in [0, 0.05) is 0 Å². The van der Waals surface area contributed by atoms with Crippen LogP contribution in [0.15, 0.2) is 0 Å². The molecule has 1 N–H and O–H groups in total. The van der Waals surface area contributed by atoms with Crippen LogP contribution < -0.4 is 0 Å². The highest BCUT2D eigenvalue weighted by molar-refractivity contribution is 7.86. The molecule has 1 aliphatic rings. The highest BCUT2D eigenvalue weighted by atomic mass is 32.2. The van der Waals surface area contributed by atoms with Crippen LogP contribution in [0.5, 0.6) is 0 Å². The summed E-state index contributed by atoms with van der Waals surface area (Å²) in [6.07, 6.45) is 0.772. The molecule has 1 fully saturated rings. The molecule has 0 aromatic heterocycles. The van der Waals surface area contributed by atoms with E-state index in [4.69, 9.17) is 4.74 Å². The first-order valence-electron chi connectivity index (χ1n) is 4.55. The van der Waals surface area contributed by atoms with Gasteiger partial charge >= 0.3 is 0 Å². The van der Waals surface area contributed by atoms with E-state index >= 15 is 0 Å². The van der Waals surface area contributed by atoms with Crippen LogP contribution in [-0.2, 0) is 33.3 Å². The van der Waals surface area contributed by atoms with Crippen LogP contribution in [0.4, 0.5) is 0 Å². The fraction of sp³-hybridized carbons (Fsp3) is 1.00. The van der Waals surface area contributed by atoms with Gasteiger partial charge in [0.2, 0.25) is 0 Å². The van der Waals surface area contributed by atoms with Gasteiger partial charge in [-0.25, -0.2) is 0 Å². The Hall–Kier alpha value is -0.260. The van der Waals surface area contributed by atoms with Gasteiger partial charge in [0.1, 0.15) is 11.7 Å². The zero-order valence-electron chi connectivity index (χ0n) is 9.32. The standard InChI is InChI=1S/C7H14O8S2/c1-16(9,10)14-3-6-7(8,4-13-6)5-15-17(2,11)12/h6,8H,3-5H2,1-2H3/t6-,7-/m1/s1.